The summed E-state index contributed by atoms with van der Waals surface area (Å²) >= 11 is 5.73. The number of esters is 1. The molecule has 1 aromatic rings. The molecule has 1 fully saturated rings. The van der Waals surface area contributed by atoms with E-state index < -0.39 is 21.7 Å². The molecule has 1 atom stereocenters. The second-order valence-corrected chi connectivity index (χ2v) is 9.15. The molecular formula is C16H23ClN2O4S. The van der Waals surface area contributed by atoms with Gasteiger partial charge in [0.2, 0.25) is 10.0 Å². The maximum absolute atomic E-state index is 12.9. The summed E-state index contributed by atoms with van der Waals surface area (Å²) in [6.45, 7) is 5.76. The van der Waals surface area contributed by atoms with Crippen molar-refractivity contribution in [2.75, 3.05) is 6.54 Å². The zero-order valence-electron chi connectivity index (χ0n) is 14.2. The van der Waals surface area contributed by atoms with Gasteiger partial charge < -0.3 is 4.74 Å². The van der Waals surface area contributed by atoms with Gasteiger partial charge in [-0.3, -0.25) is 4.79 Å². The standard InChI is InChI=1S/C16H23ClN2O4S/c1-16(2,3)23-15(20)10-12-6-4-5-9-19(12)24(21,22)13-7-8-14(17)18-11-13/h7-8,11-12H,4-6,9-10H2,1-3H3. The van der Waals surface area contributed by atoms with Gasteiger partial charge in [-0.25, -0.2) is 13.4 Å². The highest BCUT2D eigenvalue weighted by atomic mass is 35.5. The smallest absolute Gasteiger partial charge is 0.307 e. The Labute approximate surface area is 148 Å². The van der Waals surface area contributed by atoms with E-state index in [1.807, 2.05) is 0 Å². The van der Waals surface area contributed by atoms with E-state index in [-0.39, 0.29) is 22.4 Å². The van der Waals surface area contributed by atoms with Crippen LogP contribution in [0.4, 0.5) is 0 Å². The molecule has 134 valence electrons. The molecule has 8 heteroatoms. The van der Waals surface area contributed by atoms with Crippen LogP contribution in [0.1, 0.15) is 46.5 Å². The number of hydrogen-bond donors (Lipinski definition) is 0. The summed E-state index contributed by atoms with van der Waals surface area (Å²) < 4.78 is 32.5. The molecular weight excluding hydrogens is 352 g/mol. The second-order valence-electron chi connectivity index (χ2n) is 6.87. The third-order valence-corrected chi connectivity index (χ3v) is 5.86. The van der Waals surface area contributed by atoms with Gasteiger partial charge in [-0.15, -0.1) is 0 Å². The van der Waals surface area contributed by atoms with E-state index in [4.69, 9.17) is 16.3 Å². The van der Waals surface area contributed by atoms with E-state index in [0.29, 0.717) is 13.0 Å². The quantitative estimate of drug-likeness (QED) is 0.598. The topological polar surface area (TPSA) is 76.6 Å². The summed E-state index contributed by atoms with van der Waals surface area (Å²) in [5.74, 6) is -0.385. The molecule has 0 N–H and O–H groups in total. The number of piperidine rings is 1. The predicted octanol–water partition coefficient (Wildman–Crippen LogP) is 3.01. The molecule has 0 radical (unpaired) electrons. The summed E-state index contributed by atoms with van der Waals surface area (Å²) in [5, 5.41) is 0.234. The van der Waals surface area contributed by atoms with Crippen LogP contribution in [0.5, 0.6) is 0 Å². The number of hydrogen-bond acceptors (Lipinski definition) is 5. The number of sulfonamides is 1. The highest BCUT2D eigenvalue weighted by Gasteiger charge is 2.35. The summed E-state index contributed by atoms with van der Waals surface area (Å²) in [6, 6.07) is 2.49. The molecule has 0 amide bonds. The highest BCUT2D eigenvalue weighted by molar-refractivity contribution is 7.89. The van der Waals surface area contributed by atoms with Crippen LogP contribution < -0.4 is 0 Å². The Morgan fingerprint density at radius 2 is 2.08 bits per heavy atom. The van der Waals surface area contributed by atoms with Gasteiger partial charge in [-0.2, -0.15) is 4.31 Å². The molecule has 0 aliphatic carbocycles. The molecule has 24 heavy (non-hydrogen) atoms. The van der Waals surface area contributed by atoms with Gasteiger partial charge in [-0.1, -0.05) is 18.0 Å². The van der Waals surface area contributed by atoms with Gasteiger partial charge in [0.1, 0.15) is 15.6 Å². The van der Waals surface area contributed by atoms with Crippen LogP contribution in [0.3, 0.4) is 0 Å². The minimum atomic E-state index is -3.71. The van der Waals surface area contributed by atoms with Crippen molar-refractivity contribution in [3.63, 3.8) is 0 Å². The maximum Gasteiger partial charge on any atom is 0.307 e. The molecule has 1 aromatic heterocycles. The van der Waals surface area contributed by atoms with E-state index >= 15 is 0 Å². The monoisotopic (exact) mass is 374 g/mol. The summed E-state index contributed by atoms with van der Waals surface area (Å²) in [4.78, 5) is 16.0. The lowest BCUT2D eigenvalue weighted by molar-refractivity contribution is -0.156. The lowest BCUT2D eigenvalue weighted by atomic mass is 10.0. The van der Waals surface area contributed by atoms with Crippen LogP contribution in [0.15, 0.2) is 23.2 Å². The SMILES string of the molecule is CC(C)(C)OC(=O)CC1CCCCN1S(=O)(=O)c1ccc(Cl)nc1. The van der Waals surface area contributed by atoms with Crippen molar-refractivity contribution < 1.29 is 17.9 Å². The van der Waals surface area contributed by atoms with Crippen LogP contribution in [0.25, 0.3) is 0 Å². The molecule has 6 nitrogen and oxygen atoms in total. The largest absolute Gasteiger partial charge is 0.460 e. The van der Waals surface area contributed by atoms with Crippen molar-refractivity contribution in [2.24, 2.45) is 0 Å². The van der Waals surface area contributed by atoms with Crippen LogP contribution >= 0.6 is 11.6 Å². The van der Waals surface area contributed by atoms with Gasteiger partial charge >= 0.3 is 5.97 Å². The van der Waals surface area contributed by atoms with Crippen LogP contribution in [0.2, 0.25) is 5.15 Å². The Morgan fingerprint density at radius 1 is 1.38 bits per heavy atom. The fourth-order valence-electron chi connectivity index (χ4n) is 2.72. The fourth-order valence-corrected chi connectivity index (χ4v) is 4.47. The van der Waals surface area contributed by atoms with E-state index in [9.17, 15) is 13.2 Å². The first-order valence-corrected chi connectivity index (χ1v) is 9.77. The van der Waals surface area contributed by atoms with Crippen molar-refractivity contribution in [3.05, 3.63) is 23.5 Å². The van der Waals surface area contributed by atoms with Gasteiger partial charge in [0.25, 0.3) is 0 Å². The average Bonchev–Trinajstić information content (AvgIpc) is 2.46. The third kappa shape index (κ3) is 4.91. The molecule has 0 bridgehead atoms. The normalized spacial score (nSPS) is 19.9. The molecule has 2 rings (SSSR count). The van der Waals surface area contributed by atoms with E-state index in [0.717, 1.165) is 12.8 Å². The van der Waals surface area contributed by atoms with Gasteiger partial charge in [0.15, 0.2) is 0 Å². The van der Waals surface area contributed by atoms with Crippen molar-refractivity contribution in [1.82, 2.24) is 9.29 Å². The van der Waals surface area contributed by atoms with Crippen LogP contribution in [0, 0.1) is 0 Å². The highest BCUT2D eigenvalue weighted by Crippen LogP contribution is 2.28. The lowest BCUT2D eigenvalue weighted by Crippen LogP contribution is -2.45. The van der Waals surface area contributed by atoms with Gasteiger partial charge in [0, 0.05) is 18.8 Å². The van der Waals surface area contributed by atoms with E-state index in [1.165, 1.54) is 22.6 Å². The molecule has 2 heterocycles. The van der Waals surface area contributed by atoms with E-state index in [1.54, 1.807) is 20.8 Å². The predicted molar refractivity (Wildman–Crippen MR) is 91.2 cm³/mol. The summed E-state index contributed by atoms with van der Waals surface area (Å²) in [7, 11) is -3.71. The Kier molecular flexibility index (Phi) is 5.88. The third-order valence-electron chi connectivity index (χ3n) is 3.70. The zero-order valence-corrected chi connectivity index (χ0v) is 15.7. The number of ether oxygens (including phenoxy) is 1. The first-order valence-electron chi connectivity index (χ1n) is 7.95. The summed E-state index contributed by atoms with van der Waals surface area (Å²) in [5.41, 5.74) is -0.588. The molecule has 1 unspecified atom stereocenters. The molecule has 0 spiro atoms. The molecule has 0 saturated carbocycles. The first kappa shape index (κ1) is 19.1. The van der Waals surface area contributed by atoms with Crippen molar-refractivity contribution in [2.45, 2.75) is 63.0 Å². The Hall–Kier alpha value is -1.18. The summed E-state index contributed by atoms with van der Waals surface area (Å²) in [6.07, 6.45) is 3.59. The first-order chi connectivity index (χ1) is 11.1. The second kappa shape index (κ2) is 7.37. The zero-order chi connectivity index (χ0) is 18.0. The van der Waals surface area contributed by atoms with Crippen molar-refractivity contribution >= 4 is 27.6 Å². The maximum atomic E-state index is 12.9. The minimum Gasteiger partial charge on any atom is -0.460 e. The van der Waals surface area contributed by atoms with Crippen molar-refractivity contribution in [1.29, 1.82) is 0 Å². The number of pyridine rings is 1. The average molecular weight is 375 g/mol. The molecule has 0 aromatic carbocycles. The Morgan fingerprint density at radius 3 is 2.67 bits per heavy atom. The van der Waals surface area contributed by atoms with Gasteiger partial charge in [0.05, 0.1) is 6.42 Å². The fraction of sp³-hybridized carbons (Fsp3) is 0.625. The van der Waals surface area contributed by atoms with E-state index in [2.05, 4.69) is 4.98 Å². The number of carbonyl (C=O) groups is 1. The number of aromatic nitrogens is 1. The van der Waals surface area contributed by atoms with Crippen molar-refractivity contribution in [3.8, 4) is 0 Å². The Bertz CT molecular complexity index is 683. The lowest BCUT2D eigenvalue weighted by Gasteiger charge is -2.34. The molecule has 1 aliphatic heterocycles. The Balaban J connectivity index is 2.19. The minimum absolute atomic E-state index is 0.0531. The molecule has 1 aliphatic rings. The van der Waals surface area contributed by atoms with Crippen LogP contribution in [-0.4, -0.2) is 41.9 Å². The number of halogens is 1. The van der Waals surface area contributed by atoms with Crippen LogP contribution in [-0.2, 0) is 19.6 Å². The number of rotatable bonds is 4. The number of nitrogens with zero attached hydrogens (tertiary/aromatic N) is 2. The number of carbonyl (C=O) groups excluding carboxylic acids is 1. The molecule has 1 saturated heterocycles. The van der Waals surface area contributed by atoms with Gasteiger partial charge in [-0.05, 0) is 45.7 Å².